The van der Waals surface area contributed by atoms with Crippen molar-refractivity contribution in [2.45, 2.75) is 12.8 Å². The van der Waals surface area contributed by atoms with Gasteiger partial charge in [-0.3, -0.25) is 0 Å². The van der Waals surface area contributed by atoms with Crippen LogP contribution in [0.2, 0.25) is 0 Å². The molecule has 0 unspecified atom stereocenters. The van der Waals surface area contributed by atoms with E-state index in [0.717, 1.165) is 12.8 Å². The van der Waals surface area contributed by atoms with Gasteiger partial charge in [0.15, 0.2) is 0 Å². The Morgan fingerprint density at radius 2 is 2.07 bits per heavy atom. The minimum Gasteiger partial charge on any atom is -0.396 e. The van der Waals surface area contributed by atoms with Gasteiger partial charge in [-0.1, -0.05) is 30.3 Å². The van der Waals surface area contributed by atoms with Gasteiger partial charge in [0.25, 0.3) is 0 Å². The normalized spacial score (nSPS) is 12.9. The average molecular weight is 184 g/mol. The Morgan fingerprint density at radius 3 is 2.93 bits per heavy atom. The molecular weight excluding hydrogens is 172 g/mol. The Kier molecular flexibility index (Phi) is 1.62. The average Bonchev–Trinajstić information content (AvgIpc) is 2.97. The van der Waals surface area contributed by atoms with Crippen LogP contribution in [0.25, 0.3) is 10.8 Å². The van der Waals surface area contributed by atoms with Gasteiger partial charge in [-0.2, -0.15) is 0 Å². The molecule has 2 aromatic rings. The molecule has 0 aliphatic heterocycles. The van der Waals surface area contributed by atoms with E-state index in [1.165, 1.54) is 27.5 Å². The van der Waals surface area contributed by atoms with Crippen molar-refractivity contribution < 1.29 is 5.11 Å². The zero-order chi connectivity index (χ0) is 9.54. The summed E-state index contributed by atoms with van der Waals surface area (Å²) in [5.41, 5.74) is 4.26. The number of hydrogen-bond acceptors (Lipinski definition) is 1. The van der Waals surface area contributed by atoms with Crippen LogP contribution in [0.5, 0.6) is 0 Å². The second-order valence-corrected chi connectivity index (χ2v) is 3.87. The van der Waals surface area contributed by atoms with Crippen LogP contribution >= 0.6 is 0 Å². The Labute approximate surface area is 83.0 Å². The lowest BCUT2D eigenvalue weighted by atomic mass is 10.0. The molecule has 0 saturated carbocycles. The van der Waals surface area contributed by atoms with Crippen molar-refractivity contribution in [1.82, 2.24) is 0 Å². The summed E-state index contributed by atoms with van der Waals surface area (Å²) in [7, 11) is 0. The second kappa shape index (κ2) is 2.82. The van der Waals surface area contributed by atoms with Gasteiger partial charge < -0.3 is 5.11 Å². The summed E-state index contributed by atoms with van der Waals surface area (Å²) in [6, 6.07) is 10.7. The van der Waals surface area contributed by atoms with Crippen LogP contribution in [0.1, 0.15) is 16.7 Å². The van der Waals surface area contributed by atoms with Crippen LogP contribution in [0.3, 0.4) is 0 Å². The fourth-order valence-corrected chi connectivity index (χ4v) is 2.20. The molecule has 0 amide bonds. The SMILES string of the molecule is OCCc1cccc2ccc3c(c12)C3. The molecule has 0 atom stereocenters. The molecule has 70 valence electrons. The molecule has 0 spiro atoms. The van der Waals surface area contributed by atoms with Gasteiger partial charge in [0.1, 0.15) is 0 Å². The van der Waals surface area contributed by atoms with Crippen LogP contribution in [0, 0.1) is 0 Å². The Hall–Kier alpha value is -1.34. The molecular formula is C13H12O. The Bertz CT molecular complexity index is 500. The first-order valence-electron chi connectivity index (χ1n) is 5.03. The van der Waals surface area contributed by atoms with E-state index in [9.17, 15) is 0 Å². The van der Waals surface area contributed by atoms with Gasteiger partial charge in [-0.15, -0.1) is 0 Å². The highest BCUT2D eigenvalue weighted by Crippen LogP contribution is 2.37. The maximum absolute atomic E-state index is 8.99. The quantitative estimate of drug-likeness (QED) is 0.647. The number of aliphatic hydroxyl groups excluding tert-OH is 1. The van der Waals surface area contributed by atoms with Gasteiger partial charge in [0.05, 0.1) is 0 Å². The summed E-state index contributed by atoms with van der Waals surface area (Å²) in [4.78, 5) is 0. The van der Waals surface area contributed by atoms with Crippen LogP contribution < -0.4 is 0 Å². The number of hydrogen-bond donors (Lipinski definition) is 1. The molecule has 0 radical (unpaired) electrons. The van der Waals surface area contributed by atoms with Crippen molar-refractivity contribution in [2.75, 3.05) is 6.61 Å². The summed E-state index contributed by atoms with van der Waals surface area (Å²) in [6.45, 7) is 0.239. The molecule has 0 saturated heterocycles. The summed E-state index contributed by atoms with van der Waals surface area (Å²) in [5.74, 6) is 0. The molecule has 3 rings (SSSR count). The van der Waals surface area contributed by atoms with E-state index >= 15 is 0 Å². The van der Waals surface area contributed by atoms with Crippen molar-refractivity contribution in [2.24, 2.45) is 0 Å². The van der Waals surface area contributed by atoms with E-state index in [0.29, 0.717) is 0 Å². The lowest BCUT2D eigenvalue weighted by Crippen LogP contribution is -1.91. The minimum atomic E-state index is 0.239. The molecule has 14 heavy (non-hydrogen) atoms. The predicted molar refractivity (Wildman–Crippen MR) is 57.5 cm³/mol. The first kappa shape index (κ1) is 8.01. The van der Waals surface area contributed by atoms with E-state index < -0.39 is 0 Å². The minimum absolute atomic E-state index is 0.239. The first-order chi connectivity index (χ1) is 6.90. The molecule has 2 aromatic carbocycles. The largest absolute Gasteiger partial charge is 0.396 e. The van der Waals surface area contributed by atoms with Gasteiger partial charge in [-0.05, 0) is 40.3 Å². The number of fused-ring (bicyclic) bond motifs is 3. The summed E-state index contributed by atoms with van der Waals surface area (Å²) in [6.07, 6.45) is 1.92. The van der Waals surface area contributed by atoms with E-state index in [4.69, 9.17) is 5.11 Å². The molecule has 0 fully saturated rings. The van der Waals surface area contributed by atoms with Crippen LogP contribution in [0.4, 0.5) is 0 Å². The lowest BCUT2D eigenvalue weighted by molar-refractivity contribution is 0.300. The van der Waals surface area contributed by atoms with Gasteiger partial charge in [-0.25, -0.2) is 0 Å². The fraction of sp³-hybridized carbons (Fsp3) is 0.231. The van der Waals surface area contributed by atoms with E-state index in [1.807, 2.05) is 0 Å². The molecule has 1 aliphatic rings. The third-order valence-corrected chi connectivity index (χ3v) is 2.96. The highest BCUT2D eigenvalue weighted by Gasteiger charge is 2.20. The number of rotatable bonds is 2. The first-order valence-corrected chi connectivity index (χ1v) is 5.03. The van der Waals surface area contributed by atoms with Crippen LogP contribution in [-0.2, 0) is 12.8 Å². The van der Waals surface area contributed by atoms with Crippen molar-refractivity contribution in [3.05, 3.63) is 47.0 Å². The molecule has 0 bridgehead atoms. The molecule has 0 aromatic heterocycles. The molecule has 1 heteroatoms. The Morgan fingerprint density at radius 1 is 1.14 bits per heavy atom. The summed E-state index contributed by atoms with van der Waals surface area (Å²) in [5, 5.41) is 11.7. The zero-order valence-corrected chi connectivity index (χ0v) is 7.96. The zero-order valence-electron chi connectivity index (χ0n) is 7.96. The third kappa shape index (κ3) is 1.06. The van der Waals surface area contributed by atoms with Crippen molar-refractivity contribution >= 4 is 10.8 Å². The van der Waals surface area contributed by atoms with Crippen molar-refractivity contribution in [3.8, 4) is 0 Å². The van der Waals surface area contributed by atoms with Crippen LogP contribution in [0.15, 0.2) is 30.3 Å². The van der Waals surface area contributed by atoms with Crippen molar-refractivity contribution in [1.29, 1.82) is 0 Å². The fourth-order valence-electron chi connectivity index (χ4n) is 2.20. The Balaban J connectivity index is 2.30. The van der Waals surface area contributed by atoms with Crippen LogP contribution in [-0.4, -0.2) is 11.7 Å². The van der Waals surface area contributed by atoms with Crippen molar-refractivity contribution in [3.63, 3.8) is 0 Å². The predicted octanol–water partition coefficient (Wildman–Crippen LogP) is 2.28. The van der Waals surface area contributed by atoms with E-state index in [-0.39, 0.29) is 6.61 Å². The molecule has 1 aliphatic carbocycles. The molecule has 1 N–H and O–H groups in total. The maximum Gasteiger partial charge on any atom is 0.0471 e. The summed E-state index contributed by atoms with van der Waals surface area (Å²) < 4.78 is 0. The van der Waals surface area contributed by atoms with Gasteiger partial charge in [0, 0.05) is 6.61 Å². The second-order valence-electron chi connectivity index (χ2n) is 3.87. The topological polar surface area (TPSA) is 20.2 Å². The third-order valence-electron chi connectivity index (χ3n) is 2.96. The number of benzene rings is 2. The maximum atomic E-state index is 8.99. The summed E-state index contributed by atoms with van der Waals surface area (Å²) >= 11 is 0. The smallest absolute Gasteiger partial charge is 0.0471 e. The standard InChI is InChI=1S/C13H12O/c14-7-6-10-3-1-2-9-4-5-11-8-12(11)13(9)10/h1-5,14H,6-8H2. The lowest BCUT2D eigenvalue weighted by Gasteiger charge is -2.03. The van der Waals surface area contributed by atoms with Gasteiger partial charge >= 0.3 is 0 Å². The van der Waals surface area contributed by atoms with Gasteiger partial charge in [0.2, 0.25) is 0 Å². The highest BCUT2D eigenvalue weighted by atomic mass is 16.2. The molecule has 0 heterocycles. The van der Waals surface area contributed by atoms with E-state index in [1.54, 1.807) is 0 Å². The molecule has 1 nitrogen and oxygen atoms in total. The monoisotopic (exact) mass is 184 g/mol. The van der Waals surface area contributed by atoms with E-state index in [2.05, 4.69) is 30.3 Å². The highest BCUT2D eigenvalue weighted by molar-refractivity contribution is 5.93. The number of aliphatic hydroxyl groups is 1.